The van der Waals surface area contributed by atoms with Gasteiger partial charge in [0.25, 0.3) is 6.29 Å². The summed E-state index contributed by atoms with van der Waals surface area (Å²) >= 11 is 6.03. The third-order valence-corrected chi connectivity index (χ3v) is 4.48. The number of esters is 3. The van der Waals surface area contributed by atoms with E-state index in [9.17, 15) is 14.4 Å². The van der Waals surface area contributed by atoms with Crippen LogP contribution in [0, 0.1) is 6.92 Å². The maximum Gasteiger partial charge on any atom is 0.355 e. The Hall–Kier alpha value is -3.32. The van der Waals surface area contributed by atoms with Crippen molar-refractivity contribution in [1.29, 1.82) is 0 Å². The summed E-state index contributed by atoms with van der Waals surface area (Å²) < 4.78 is 15.3. The number of nitrogens with one attached hydrogen (secondary N) is 1. The molecule has 150 valence electrons. The molecule has 1 aliphatic rings. The average molecular weight is 416 g/mol. The van der Waals surface area contributed by atoms with E-state index in [0.29, 0.717) is 16.8 Å². The minimum absolute atomic E-state index is 0.0995. The lowest BCUT2D eigenvalue weighted by atomic mass is 10.1. The molecule has 2 aromatic rings. The Bertz CT molecular complexity index is 983. The van der Waals surface area contributed by atoms with E-state index in [-0.39, 0.29) is 17.3 Å². The van der Waals surface area contributed by atoms with Crippen LogP contribution in [0.2, 0.25) is 0 Å². The molecular weight excluding hydrogens is 398 g/mol. The summed E-state index contributed by atoms with van der Waals surface area (Å²) in [6, 6.07) is 13.2. The van der Waals surface area contributed by atoms with E-state index in [1.54, 1.807) is 62.4 Å². The van der Waals surface area contributed by atoms with Gasteiger partial charge in [-0.2, -0.15) is 0 Å². The van der Waals surface area contributed by atoms with E-state index in [2.05, 4.69) is 5.32 Å². The number of benzene rings is 2. The van der Waals surface area contributed by atoms with Crippen LogP contribution in [-0.4, -0.2) is 30.8 Å². The molecule has 0 aromatic heterocycles. The van der Waals surface area contributed by atoms with Gasteiger partial charge in [0.05, 0.1) is 17.7 Å². The van der Waals surface area contributed by atoms with Gasteiger partial charge in [0.1, 0.15) is 5.70 Å². The zero-order valence-corrected chi connectivity index (χ0v) is 16.5. The average Bonchev–Trinajstić information content (AvgIpc) is 2.96. The van der Waals surface area contributed by atoms with Crippen LogP contribution >= 0.6 is 11.6 Å². The highest BCUT2D eigenvalue weighted by atomic mass is 35.5. The van der Waals surface area contributed by atoms with E-state index >= 15 is 0 Å². The number of halogens is 1. The van der Waals surface area contributed by atoms with Crippen molar-refractivity contribution in [2.24, 2.45) is 0 Å². The zero-order valence-electron chi connectivity index (χ0n) is 15.7. The van der Waals surface area contributed by atoms with Gasteiger partial charge in [-0.25, -0.2) is 14.4 Å². The molecule has 1 heterocycles. The third-order valence-electron chi connectivity index (χ3n) is 4.12. The molecule has 0 amide bonds. The first-order valence-electron chi connectivity index (χ1n) is 8.82. The van der Waals surface area contributed by atoms with E-state index in [0.717, 1.165) is 5.56 Å². The standard InChI is InChI=1S/C21H18ClNO6/c1-3-27-18(24)13-8-10-14(11-9-13)23-17-16(22)20(26)29-21(17)28-19(25)15-7-5-4-6-12(15)2/h4-11,21,23H,3H2,1-2H3/t21-/m0/s1. The van der Waals surface area contributed by atoms with Crippen LogP contribution in [0.4, 0.5) is 5.69 Å². The fourth-order valence-corrected chi connectivity index (χ4v) is 2.82. The molecule has 0 saturated carbocycles. The Morgan fingerprint density at radius 3 is 2.45 bits per heavy atom. The van der Waals surface area contributed by atoms with Crippen LogP contribution in [0.5, 0.6) is 0 Å². The maximum absolute atomic E-state index is 12.5. The highest BCUT2D eigenvalue weighted by molar-refractivity contribution is 6.42. The summed E-state index contributed by atoms with van der Waals surface area (Å²) in [6.07, 6.45) is -1.31. The quantitative estimate of drug-likeness (QED) is 0.718. The first kappa shape index (κ1) is 20.4. The normalized spacial score (nSPS) is 15.7. The van der Waals surface area contributed by atoms with Crippen LogP contribution < -0.4 is 5.32 Å². The van der Waals surface area contributed by atoms with Crippen LogP contribution in [-0.2, 0) is 19.0 Å². The lowest BCUT2D eigenvalue weighted by Gasteiger charge is -2.17. The second-order valence-electron chi connectivity index (χ2n) is 6.11. The highest BCUT2D eigenvalue weighted by Crippen LogP contribution is 2.29. The molecule has 0 saturated heterocycles. The molecule has 0 unspecified atom stereocenters. The summed E-state index contributed by atoms with van der Waals surface area (Å²) in [4.78, 5) is 36.1. The Morgan fingerprint density at radius 1 is 1.10 bits per heavy atom. The predicted octanol–water partition coefficient (Wildman–Crippen LogP) is 3.77. The van der Waals surface area contributed by atoms with Crippen LogP contribution in [0.1, 0.15) is 33.2 Å². The molecular formula is C21H18ClNO6. The van der Waals surface area contributed by atoms with Crippen LogP contribution in [0.15, 0.2) is 59.3 Å². The van der Waals surface area contributed by atoms with Crippen molar-refractivity contribution in [3.8, 4) is 0 Å². The van der Waals surface area contributed by atoms with Crippen LogP contribution in [0.3, 0.4) is 0 Å². The third kappa shape index (κ3) is 4.57. The minimum atomic E-state index is -1.31. The van der Waals surface area contributed by atoms with Gasteiger partial charge < -0.3 is 19.5 Å². The summed E-state index contributed by atoms with van der Waals surface area (Å²) in [7, 11) is 0. The zero-order chi connectivity index (χ0) is 21.0. The first-order chi connectivity index (χ1) is 13.9. The Labute approximate surface area is 172 Å². The van der Waals surface area contributed by atoms with Gasteiger partial charge in [0.15, 0.2) is 5.03 Å². The van der Waals surface area contributed by atoms with Crippen molar-refractivity contribution >= 4 is 35.2 Å². The van der Waals surface area contributed by atoms with Gasteiger partial charge in [0.2, 0.25) is 0 Å². The Morgan fingerprint density at radius 2 is 1.79 bits per heavy atom. The second kappa shape index (κ2) is 8.79. The van der Waals surface area contributed by atoms with Crippen molar-refractivity contribution in [3.63, 3.8) is 0 Å². The molecule has 2 aromatic carbocycles. The highest BCUT2D eigenvalue weighted by Gasteiger charge is 2.37. The topological polar surface area (TPSA) is 90.9 Å². The summed E-state index contributed by atoms with van der Waals surface area (Å²) in [5.74, 6) is -1.90. The van der Waals surface area contributed by atoms with Crippen LogP contribution in [0.25, 0.3) is 0 Å². The number of aryl methyl sites for hydroxylation is 1. The molecule has 0 spiro atoms. The van der Waals surface area contributed by atoms with E-state index in [1.165, 1.54) is 0 Å². The molecule has 0 radical (unpaired) electrons. The summed E-state index contributed by atoms with van der Waals surface area (Å²) in [5, 5.41) is 2.69. The molecule has 1 N–H and O–H groups in total. The number of carbonyl (C=O) groups is 3. The second-order valence-corrected chi connectivity index (χ2v) is 6.49. The number of carbonyl (C=O) groups excluding carboxylic acids is 3. The van der Waals surface area contributed by atoms with Crippen molar-refractivity contribution in [3.05, 3.63) is 76.0 Å². The molecule has 7 nitrogen and oxygen atoms in total. The van der Waals surface area contributed by atoms with Gasteiger partial charge in [0, 0.05) is 5.69 Å². The van der Waals surface area contributed by atoms with Gasteiger partial charge >= 0.3 is 17.9 Å². The van der Waals surface area contributed by atoms with Gasteiger partial charge in [-0.05, 0) is 49.7 Å². The SMILES string of the molecule is CCOC(=O)c1ccc(NC2=C(Cl)C(=O)O[C@@H]2OC(=O)c2ccccc2C)cc1. The molecule has 0 fully saturated rings. The fraction of sp³-hybridized carbons (Fsp3) is 0.190. The Balaban J connectivity index is 1.76. The smallest absolute Gasteiger partial charge is 0.355 e. The van der Waals surface area contributed by atoms with Crippen molar-refractivity contribution < 1.29 is 28.6 Å². The minimum Gasteiger partial charge on any atom is -0.462 e. The molecule has 29 heavy (non-hydrogen) atoms. The fourth-order valence-electron chi connectivity index (χ4n) is 2.64. The molecule has 0 bridgehead atoms. The van der Waals surface area contributed by atoms with Crippen molar-refractivity contribution in [2.45, 2.75) is 20.1 Å². The number of anilines is 1. The number of ether oxygens (including phenoxy) is 3. The summed E-state index contributed by atoms with van der Waals surface area (Å²) in [6.45, 7) is 3.76. The van der Waals surface area contributed by atoms with E-state index < -0.39 is 24.2 Å². The summed E-state index contributed by atoms with van der Waals surface area (Å²) in [5.41, 5.74) is 2.06. The van der Waals surface area contributed by atoms with Crippen molar-refractivity contribution in [2.75, 3.05) is 11.9 Å². The maximum atomic E-state index is 12.5. The Kier molecular flexibility index (Phi) is 6.19. The molecule has 3 rings (SSSR count). The molecule has 8 heteroatoms. The van der Waals surface area contributed by atoms with Gasteiger partial charge in [-0.3, -0.25) is 0 Å². The number of rotatable bonds is 6. The largest absolute Gasteiger partial charge is 0.462 e. The monoisotopic (exact) mass is 415 g/mol. The van der Waals surface area contributed by atoms with Gasteiger partial charge in [-0.1, -0.05) is 29.8 Å². The molecule has 0 aliphatic carbocycles. The van der Waals surface area contributed by atoms with E-state index in [4.69, 9.17) is 25.8 Å². The number of hydrogen-bond acceptors (Lipinski definition) is 7. The predicted molar refractivity (Wildman–Crippen MR) is 105 cm³/mol. The lowest BCUT2D eigenvalue weighted by Crippen LogP contribution is -2.24. The molecule has 1 atom stereocenters. The first-order valence-corrected chi connectivity index (χ1v) is 9.20. The number of cyclic esters (lactones) is 1. The van der Waals surface area contributed by atoms with E-state index in [1.807, 2.05) is 0 Å². The number of hydrogen-bond donors (Lipinski definition) is 1. The van der Waals surface area contributed by atoms with Gasteiger partial charge in [-0.15, -0.1) is 0 Å². The van der Waals surface area contributed by atoms with Crippen molar-refractivity contribution in [1.82, 2.24) is 0 Å². The lowest BCUT2D eigenvalue weighted by molar-refractivity contribution is -0.152. The molecule has 1 aliphatic heterocycles.